The van der Waals surface area contributed by atoms with Crippen molar-refractivity contribution in [2.24, 2.45) is 5.92 Å². The molecule has 5 heteroatoms. The minimum absolute atomic E-state index is 0.215. The molecule has 0 saturated carbocycles. The maximum atomic E-state index is 10.9. The van der Waals surface area contributed by atoms with E-state index in [2.05, 4.69) is 4.74 Å². The molecule has 0 aliphatic heterocycles. The summed E-state index contributed by atoms with van der Waals surface area (Å²) in [5.74, 6) is -1.69. The highest BCUT2D eigenvalue weighted by molar-refractivity contribution is 5.80. The molecule has 0 saturated heterocycles. The molecule has 0 aromatic carbocycles. The molecule has 0 radical (unpaired) electrons. The topological polar surface area (TPSA) is 83.8 Å². The van der Waals surface area contributed by atoms with Gasteiger partial charge in [-0.2, -0.15) is 0 Å². The van der Waals surface area contributed by atoms with Crippen LogP contribution >= 0.6 is 0 Å². The van der Waals surface area contributed by atoms with Crippen molar-refractivity contribution in [3.8, 4) is 0 Å². The third-order valence-electron chi connectivity index (χ3n) is 1.58. The molecule has 82 valence electrons. The van der Waals surface area contributed by atoms with E-state index in [1.54, 1.807) is 0 Å². The summed E-state index contributed by atoms with van der Waals surface area (Å²) >= 11 is 0. The van der Waals surface area contributed by atoms with Gasteiger partial charge in [-0.05, 0) is 12.3 Å². The third-order valence-corrected chi connectivity index (χ3v) is 1.58. The van der Waals surface area contributed by atoms with E-state index < -0.39 is 24.5 Å². The molecule has 1 unspecified atom stereocenters. The summed E-state index contributed by atoms with van der Waals surface area (Å²) in [6, 6.07) is 0. The van der Waals surface area contributed by atoms with Crippen molar-refractivity contribution in [1.82, 2.24) is 0 Å². The summed E-state index contributed by atoms with van der Waals surface area (Å²) in [4.78, 5) is 21.1. The van der Waals surface area contributed by atoms with Crippen molar-refractivity contribution in [3.05, 3.63) is 0 Å². The Hall–Kier alpha value is -1.10. The van der Waals surface area contributed by atoms with Crippen molar-refractivity contribution < 1.29 is 24.5 Å². The van der Waals surface area contributed by atoms with E-state index in [1.807, 2.05) is 13.8 Å². The van der Waals surface area contributed by atoms with Crippen LogP contribution < -0.4 is 0 Å². The second-order valence-electron chi connectivity index (χ2n) is 3.46. The number of carboxylic acid groups (broad SMARTS) is 1. The molecule has 0 spiro atoms. The molecule has 0 bridgehead atoms. The van der Waals surface area contributed by atoms with Crippen LogP contribution in [0.3, 0.4) is 0 Å². The predicted molar refractivity (Wildman–Crippen MR) is 48.7 cm³/mol. The van der Waals surface area contributed by atoms with Gasteiger partial charge in [0.1, 0.15) is 0 Å². The summed E-state index contributed by atoms with van der Waals surface area (Å²) in [7, 11) is 0. The number of rotatable bonds is 6. The zero-order chi connectivity index (χ0) is 11.1. The largest absolute Gasteiger partial charge is 0.481 e. The molecule has 0 aromatic rings. The quantitative estimate of drug-likeness (QED) is 0.612. The molecule has 1 atom stereocenters. The van der Waals surface area contributed by atoms with E-state index in [0.29, 0.717) is 12.3 Å². The molecule has 14 heavy (non-hydrogen) atoms. The van der Waals surface area contributed by atoms with Crippen LogP contribution in [0.1, 0.15) is 26.7 Å². The highest BCUT2D eigenvalue weighted by atomic mass is 16.5. The highest BCUT2D eigenvalue weighted by Crippen LogP contribution is 2.01. The average Bonchev–Trinajstić information content (AvgIpc) is 2.01. The predicted octanol–water partition coefficient (Wildman–Crippen LogP) is 0.411. The maximum Gasteiger partial charge on any atom is 0.335 e. The molecule has 0 rings (SSSR count). The molecule has 5 nitrogen and oxygen atoms in total. The van der Waals surface area contributed by atoms with Crippen LogP contribution in [0.25, 0.3) is 0 Å². The SMILES string of the molecule is CC(C)CCOC(=O)C(O)CC(=O)O. The van der Waals surface area contributed by atoms with Crippen molar-refractivity contribution in [2.45, 2.75) is 32.8 Å². The van der Waals surface area contributed by atoms with E-state index in [0.717, 1.165) is 0 Å². The first-order chi connectivity index (χ1) is 6.43. The van der Waals surface area contributed by atoms with Gasteiger partial charge in [-0.1, -0.05) is 13.8 Å². The van der Waals surface area contributed by atoms with Crippen LogP contribution in [0, 0.1) is 5.92 Å². The van der Waals surface area contributed by atoms with Crippen molar-refractivity contribution in [2.75, 3.05) is 6.61 Å². The summed E-state index contributed by atoms with van der Waals surface area (Å²) < 4.78 is 4.66. The second-order valence-corrected chi connectivity index (χ2v) is 3.46. The van der Waals surface area contributed by atoms with Gasteiger partial charge in [0, 0.05) is 0 Å². The Bertz CT molecular complexity index is 199. The Morgan fingerprint density at radius 1 is 1.36 bits per heavy atom. The van der Waals surface area contributed by atoms with Gasteiger partial charge in [0.25, 0.3) is 0 Å². The summed E-state index contributed by atoms with van der Waals surface area (Å²) in [6.07, 6.45) is -1.47. The Balaban J connectivity index is 3.67. The van der Waals surface area contributed by atoms with Gasteiger partial charge in [-0.3, -0.25) is 4.79 Å². The number of carbonyl (C=O) groups is 2. The van der Waals surface area contributed by atoms with E-state index in [-0.39, 0.29) is 6.61 Å². The number of carbonyl (C=O) groups excluding carboxylic acids is 1. The van der Waals surface area contributed by atoms with E-state index in [9.17, 15) is 9.59 Å². The number of carboxylic acids is 1. The second kappa shape index (κ2) is 6.37. The number of aliphatic carboxylic acids is 1. The molecule has 0 aromatic heterocycles. The lowest BCUT2D eigenvalue weighted by atomic mass is 10.1. The zero-order valence-electron chi connectivity index (χ0n) is 8.40. The van der Waals surface area contributed by atoms with Crippen LogP contribution in [0.15, 0.2) is 0 Å². The van der Waals surface area contributed by atoms with Gasteiger partial charge in [0.2, 0.25) is 0 Å². The standard InChI is InChI=1S/C9H16O5/c1-6(2)3-4-14-9(13)7(10)5-8(11)12/h6-7,10H,3-5H2,1-2H3,(H,11,12). The van der Waals surface area contributed by atoms with Gasteiger partial charge < -0.3 is 14.9 Å². The summed E-state index contributed by atoms with van der Waals surface area (Å²) in [6.45, 7) is 4.16. The zero-order valence-corrected chi connectivity index (χ0v) is 8.40. The monoisotopic (exact) mass is 204 g/mol. The average molecular weight is 204 g/mol. The minimum atomic E-state index is -1.56. The number of aliphatic hydroxyl groups is 1. The molecule has 0 fully saturated rings. The maximum absolute atomic E-state index is 10.9. The van der Waals surface area contributed by atoms with E-state index in [1.165, 1.54) is 0 Å². The number of aliphatic hydroxyl groups excluding tert-OH is 1. The molecular weight excluding hydrogens is 188 g/mol. The molecular formula is C9H16O5. The normalized spacial score (nSPS) is 12.6. The lowest BCUT2D eigenvalue weighted by molar-refractivity contribution is -0.158. The van der Waals surface area contributed by atoms with E-state index >= 15 is 0 Å². The first-order valence-electron chi connectivity index (χ1n) is 4.50. The first kappa shape index (κ1) is 12.9. The smallest absolute Gasteiger partial charge is 0.335 e. The van der Waals surface area contributed by atoms with Gasteiger partial charge in [0.05, 0.1) is 13.0 Å². The minimum Gasteiger partial charge on any atom is -0.481 e. The number of hydrogen-bond acceptors (Lipinski definition) is 4. The number of esters is 1. The van der Waals surface area contributed by atoms with E-state index in [4.69, 9.17) is 10.2 Å². The molecule has 0 heterocycles. The molecule has 0 amide bonds. The van der Waals surface area contributed by atoms with Gasteiger partial charge >= 0.3 is 11.9 Å². The highest BCUT2D eigenvalue weighted by Gasteiger charge is 2.19. The number of ether oxygens (including phenoxy) is 1. The number of hydrogen-bond donors (Lipinski definition) is 2. The molecule has 0 aliphatic rings. The van der Waals surface area contributed by atoms with Crippen LogP contribution in [0.4, 0.5) is 0 Å². The summed E-state index contributed by atoms with van der Waals surface area (Å²) in [5, 5.41) is 17.3. The van der Waals surface area contributed by atoms with Crippen LogP contribution in [0.2, 0.25) is 0 Å². The Labute approximate surface area is 82.7 Å². The Morgan fingerprint density at radius 3 is 2.36 bits per heavy atom. The van der Waals surface area contributed by atoms with Crippen molar-refractivity contribution in [1.29, 1.82) is 0 Å². The lowest BCUT2D eigenvalue weighted by Gasteiger charge is -2.09. The lowest BCUT2D eigenvalue weighted by Crippen LogP contribution is -2.26. The first-order valence-corrected chi connectivity index (χ1v) is 4.50. The van der Waals surface area contributed by atoms with Gasteiger partial charge in [-0.15, -0.1) is 0 Å². The van der Waals surface area contributed by atoms with Crippen LogP contribution in [-0.4, -0.2) is 34.9 Å². The summed E-state index contributed by atoms with van der Waals surface area (Å²) in [5.41, 5.74) is 0. The van der Waals surface area contributed by atoms with Crippen LogP contribution in [-0.2, 0) is 14.3 Å². The third kappa shape index (κ3) is 6.42. The Kier molecular flexibility index (Phi) is 5.87. The van der Waals surface area contributed by atoms with Gasteiger partial charge in [-0.25, -0.2) is 4.79 Å². The fraction of sp³-hybridized carbons (Fsp3) is 0.778. The molecule has 0 aliphatic carbocycles. The van der Waals surface area contributed by atoms with Crippen molar-refractivity contribution >= 4 is 11.9 Å². The van der Waals surface area contributed by atoms with Gasteiger partial charge in [0.15, 0.2) is 6.10 Å². The Morgan fingerprint density at radius 2 is 1.93 bits per heavy atom. The fourth-order valence-electron chi connectivity index (χ4n) is 0.740. The fourth-order valence-corrected chi connectivity index (χ4v) is 0.740. The molecule has 2 N–H and O–H groups in total. The van der Waals surface area contributed by atoms with Crippen LogP contribution in [0.5, 0.6) is 0 Å². The van der Waals surface area contributed by atoms with Crippen molar-refractivity contribution in [3.63, 3.8) is 0 Å².